The van der Waals surface area contributed by atoms with E-state index in [1.807, 2.05) is 25.1 Å². The number of amides is 1. The summed E-state index contributed by atoms with van der Waals surface area (Å²) in [6.07, 6.45) is 0. The molecule has 23 heavy (non-hydrogen) atoms. The van der Waals surface area contributed by atoms with E-state index in [9.17, 15) is 4.79 Å². The molecule has 2 aromatic rings. The third-order valence-corrected chi connectivity index (χ3v) is 3.86. The maximum Gasteiger partial charge on any atom is 0.261 e. The zero-order valence-electron chi connectivity index (χ0n) is 12.2. The number of anilines is 1. The molecule has 0 aliphatic heterocycles. The fourth-order valence-corrected chi connectivity index (χ4v) is 2.59. The predicted octanol–water partition coefficient (Wildman–Crippen LogP) is 4.63. The minimum atomic E-state index is -0.362. The van der Waals surface area contributed by atoms with Gasteiger partial charge in [-0.1, -0.05) is 39.7 Å². The Bertz CT molecular complexity index is 740. The first-order valence-electron chi connectivity index (χ1n) is 6.80. The summed E-state index contributed by atoms with van der Waals surface area (Å²) in [7, 11) is 0. The van der Waals surface area contributed by atoms with Crippen molar-refractivity contribution in [1.29, 1.82) is 0 Å². The summed E-state index contributed by atoms with van der Waals surface area (Å²) in [6.45, 7) is 2.32. The van der Waals surface area contributed by atoms with Crippen LogP contribution in [0.15, 0.2) is 46.9 Å². The van der Waals surface area contributed by atoms with Gasteiger partial charge in [-0.2, -0.15) is 0 Å². The van der Waals surface area contributed by atoms with Crippen LogP contribution in [0.4, 0.5) is 5.69 Å². The molecule has 4 nitrogen and oxygen atoms in total. The molecule has 1 amide bonds. The number of ether oxygens (including phenoxy) is 1. The number of benzene rings is 2. The highest BCUT2D eigenvalue weighted by Gasteiger charge is 2.15. The topological polar surface area (TPSA) is 50.4 Å². The number of carbonyl (C=O) groups is 1. The molecule has 2 rings (SSSR count). The smallest absolute Gasteiger partial charge is 0.261 e. The number of nitrogens with one attached hydrogen (secondary N) is 2. The molecule has 0 heterocycles. The van der Waals surface area contributed by atoms with E-state index >= 15 is 0 Å². The van der Waals surface area contributed by atoms with E-state index < -0.39 is 0 Å². The van der Waals surface area contributed by atoms with Gasteiger partial charge in [0, 0.05) is 4.47 Å². The van der Waals surface area contributed by atoms with E-state index in [4.69, 9.17) is 28.6 Å². The monoisotopic (exact) mass is 412 g/mol. The average Bonchev–Trinajstić information content (AvgIpc) is 2.51. The van der Waals surface area contributed by atoms with Gasteiger partial charge < -0.3 is 10.1 Å². The van der Waals surface area contributed by atoms with E-state index in [1.165, 1.54) is 0 Å². The molecule has 2 aromatic carbocycles. The second-order valence-corrected chi connectivity index (χ2v) is 6.19. The first kappa shape index (κ1) is 17.7. The van der Waals surface area contributed by atoms with Gasteiger partial charge in [0.15, 0.2) is 5.11 Å². The molecular weight excluding hydrogens is 400 g/mol. The maximum absolute atomic E-state index is 12.4. The Morgan fingerprint density at radius 1 is 1.30 bits per heavy atom. The molecular formula is C16H14BrClN2O2S. The van der Waals surface area contributed by atoms with E-state index in [0.717, 1.165) is 4.47 Å². The van der Waals surface area contributed by atoms with Crippen LogP contribution in [-0.4, -0.2) is 17.6 Å². The van der Waals surface area contributed by atoms with Crippen LogP contribution in [0.3, 0.4) is 0 Å². The summed E-state index contributed by atoms with van der Waals surface area (Å²) in [5, 5.41) is 6.19. The number of rotatable bonds is 4. The zero-order chi connectivity index (χ0) is 16.8. The van der Waals surface area contributed by atoms with Crippen molar-refractivity contribution in [2.75, 3.05) is 11.9 Å². The summed E-state index contributed by atoms with van der Waals surface area (Å²) in [5.74, 6) is 0.132. The molecule has 7 heteroatoms. The first-order chi connectivity index (χ1) is 11.0. The van der Waals surface area contributed by atoms with Gasteiger partial charge in [0.05, 0.1) is 22.9 Å². The lowest BCUT2D eigenvalue weighted by molar-refractivity contribution is 0.0974. The predicted molar refractivity (Wildman–Crippen MR) is 100 cm³/mol. The van der Waals surface area contributed by atoms with E-state index in [2.05, 4.69) is 26.6 Å². The van der Waals surface area contributed by atoms with Crippen molar-refractivity contribution >= 4 is 56.5 Å². The van der Waals surface area contributed by atoms with Crippen molar-refractivity contribution in [2.24, 2.45) is 0 Å². The van der Waals surface area contributed by atoms with Crippen molar-refractivity contribution in [3.05, 3.63) is 57.5 Å². The summed E-state index contributed by atoms with van der Waals surface area (Å²) in [6, 6.07) is 12.3. The molecule has 120 valence electrons. The first-order valence-corrected chi connectivity index (χ1v) is 8.38. The Morgan fingerprint density at radius 3 is 2.74 bits per heavy atom. The van der Waals surface area contributed by atoms with E-state index in [-0.39, 0.29) is 11.0 Å². The van der Waals surface area contributed by atoms with Gasteiger partial charge in [-0.25, -0.2) is 0 Å². The Balaban J connectivity index is 2.11. The number of halogens is 2. The summed E-state index contributed by atoms with van der Waals surface area (Å²) in [5.41, 5.74) is 1.02. The zero-order valence-corrected chi connectivity index (χ0v) is 15.4. The molecule has 0 bridgehead atoms. The highest BCUT2D eigenvalue weighted by atomic mass is 79.9. The molecule has 0 spiro atoms. The Morgan fingerprint density at radius 2 is 2.04 bits per heavy atom. The fourth-order valence-electron chi connectivity index (χ4n) is 1.85. The van der Waals surface area contributed by atoms with Crippen LogP contribution in [0.2, 0.25) is 5.02 Å². The molecule has 0 aliphatic carbocycles. The van der Waals surface area contributed by atoms with E-state index in [1.54, 1.807) is 24.3 Å². The molecule has 2 N–H and O–H groups in total. The molecule has 0 unspecified atom stereocenters. The average molecular weight is 414 g/mol. The fraction of sp³-hybridized carbons (Fsp3) is 0.125. The Hall–Kier alpha value is -1.63. The van der Waals surface area contributed by atoms with Crippen LogP contribution in [-0.2, 0) is 0 Å². The van der Waals surface area contributed by atoms with Crippen LogP contribution in [0.1, 0.15) is 17.3 Å². The summed E-state index contributed by atoms with van der Waals surface area (Å²) < 4.78 is 6.24. The van der Waals surface area contributed by atoms with Crippen LogP contribution >= 0.6 is 39.7 Å². The number of thiocarbonyl (C=S) groups is 1. The van der Waals surface area contributed by atoms with Crippen LogP contribution in [0.25, 0.3) is 0 Å². The Kier molecular flexibility index (Phi) is 6.38. The highest BCUT2D eigenvalue weighted by molar-refractivity contribution is 9.10. The molecule has 0 atom stereocenters. The minimum Gasteiger partial charge on any atom is -0.493 e. The SMILES string of the molecule is CCOc1ccc(Br)cc1C(=O)NC(=S)Nc1ccccc1Cl. The van der Waals surface area contributed by atoms with Crippen molar-refractivity contribution in [3.63, 3.8) is 0 Å². The third kappa shape index (κ3) is 4.92. The molecule has 0 aliphatic rings. The standard InChI is InChI=1S/C16H14BrClN2O2S/c1-2-22-14-8-7-10(17)9-11(14)15(21)20-16(23)19-13-6-4-3-5-12(13)18/h3-9H,2H2,1H3,(H2,19,20,21,23). The van der Waals surface area contributed by atoms with Gasteiger partial charge in [0.2, 0.25) is 0 Å². The number of hydrogen-bond donors (Lipinski definition) is 2. The minimum absolute atomic E-state index is 0.158. The van der Waals surface area contributed by atoms with Crippen LogP contribution < -0.4 is 15.4 Å². The number of carbonyl (C=O) groups excluding carboxylic acids is 1. The number of para-hydroxylation sites is 1. The van der Waals surface area contributed by atoms with Crippen molar-refractivity contribution in [3.8, 4) is 5.75 Å². The maximum atomic E-state index is 12.4. The van der Waals surface area contributed by atoms with Crippen molar-refractivity contribution in [2.45, 2.75) is 6.92 Å². The molecule has 0 saturated carbocycles. The lowest BCUT2D eigenvalue weighted by atomic mass is 10.2. The largest absolute Gasteiger partial charge is 0.493 e. The highest BCUT2D eigenvalue weighted by Crippen LogP contribution is 2.24. The van der Waals surface area contributed by atoms with Gasteiger partial charge in [0.25, 0.3) is 5.91 Å². The molecule has 0 saturated heterocycles. The van der Waals surface area contributed by atoms with Gasteiger partial charge in [-0.05, 0) is 49.5 Å². The van der Waals surface area contributed by atoms with Gasteiger partial charge in [0.1, 0.15) is 5.75 Å². The van der Waals surface area contributed by atoms with Gasteiger partial charge >= 0.3 is 0 Å². The normalized spacial score (nSPS) is 10.0. The lowest BCUT2D eigenvalue weighted by Gasteiger charge is -2.13. The van der Waals surface area contributed by atoms with Crippen molar-refractivity contribution < 1.29 is 9.53 Å². The number of hydrogen-bond acceptors (Lipinski definition) is 3. The van der Waals surface area contributed by atoms with E-state index in [0.29, 0.717) is 28.6 Å². The van der Waals surface area contributed by atoms with Crippen LogP contribution in [0, 0.1) is 0 Å². The second kappa shape index (κ2) is 8.29. The quantitative estimate of drug-likeness (QED) is 0.718. The third-order valence-electron chi connectivity index (χ3n) is 2.84. The Labute approximate surface area is 153 Å². The van der Waals surface area contributed by atoms with Gasteiger partial charge in [-0.15, -0.1) is 0 Å². The molecule has 0 radical (unpaired) electrons. The molecule has 0 fully saturated rings. The van der Waals surface area contributed by atoms with Crippen LogP contribution in [0.5, 0.6) is 5.75 Å². The van der Waals surface area contributed by atoms with Gasteiger partial charge in [-0.3, -0.25) is 10.1 Å². The summed E-state index contributed by atoms with van der Waals surface area (Å²) in [4.78, 5) is 12.4. The summed E-state index contributed by atoms with van der Waals surface area (Å²) >= 11 is 14.6. The molecule has 0 aromatic heterocycles. The lowest BCUT2D eigenvalue weighted by Crippen LogP contribution is -2.34. The van der Waals surface area contributed by atoms with Crippen molar-refractivity contribution in [1.82, 2.24) is 5.32 Å². The second-order valence-electron chi connectivity index (χ2n) is 4.46.